The summed E-state index contributed by atoms with van der Waals surface area (Å²) >= 11 is 1.40. The molecule has 0 fully saturated rings. The van der Waals surface area contributed by atoms with Crippen LogP contribution in [0.25, 0.3) is 11.3 Å². The Labute approximate surface area is 128 Å². The monoisotopic (exact) mass is 305 g/mol. The number of urea groups is 1. The first-order valence-electron chi connectivity index (χ1n) is 6.96. The second kappa shape index (κ2) is 7.64. The molecule has 21 heavy (non-hydrogen) atoms. The summed E-state index contributed by atoms with van der Waals surface area (Å²) < 4.78 is 5.55. The molecule has 1 aromatic heterocycles. The molecule has 0 atom stereocenters. The van der Waals surface area contributed by atoms with Crippen LogP contribution in [0.1, 0.15) is 20.3 Å². The van der Waals surface area contributed by atoms with Crippen molar-refractivity contribution in [2.75, 3.05) is 18.5 Å². The Morgan fingerprint density at radius 2 is 2.05 bits per heavy atom. The lowest BCUT2D eigenvalue weighted by Gasteiger charge is -2.04. The second-order valence-electron chi connectivity index (χ2n) is 4.40. The lowest BCUT2D eigenvalue weighted by atomic mass is 10.2. The number of carbonyl (C=O) groups is 1. The fourth-order valence-corrected chi connectivity index (χ4v) is 2.42. The van der Waals surface area contributed by atoms with Crippen molar-refractivity contribution in [3.05, 3.63) is 29.6 Å². The number of carbonyl (C=O) groups excluding carboxylic acids is 1. The van der Waals surface area contributed by atoms with Crippen LogP contribution in [0, 0.1) is 0 Å². The number of hydrogen-bond acceptors (Lipinski definition) is 4. The van der Waals surface area contributed by atoms with E-state index in [0.717, 1.165) is 30.0 Å². The zero-order valence-electron chi connectivity index (χ0n) is 12.2. The summed E-state index contributed by atoms with van der Waals surface area (Å²) in [5.74, 6) is 0.858. The highest BCUT2D eigenvalue weighted by Gasteiger charge is 2.07. The highest BCUT2D eigenvalue weighted by molar-refractivity contribution is 7.14. The lowest BCUT2D eigenvalue weighted by molar-refractivity contribution is 0.252. The van der Waals surface area contributed by atoms with E-state index in [0.29, 0.717) is 11.7 Å². The van der Waals surface area contributed by atoms with Gasteiger partial charge in [-0.3, -0.25) is 5.32 Å². The number of benzene rings is 1. The van der Waals surface area contributed by atoms with Gasteiger partial charge in [-0.25, -0.2) is 9.78 Å². The van der Waals surface area contributed by atoms with Gasteiger partial charge in [-0.05, 0) is 37.6 Å². The molecule has 0 aliphatic heterocycles. The second-order valence-corrected chi connectivity index (χ2v) is 5.25. The summed E-state index contributed by atoms with van der Waals surface area (Å²) in [7, 11) is 0. The molecule has 2 amide bonds. The zero-order chi connectivity index (χ0) is 15.1. The van der Waals surface area contributed by atoms with Gasteiger partial charge < -0.3 is 10.1 Å². The number of rotatable bonds is 6. The minimum absolute atomic E-state index is 0.235. The quantitative estimate of drug-likeness (QED) is 0.854. The van der Waals surface area contributed by atoms with E-state index in [9.17, 15) is 4.79 Å². The molecular weight excluding hydrogens is 286 g/mol. The van der Waals surface area contributed by atoms with E-state index < -0.39 is 0 Å². The van der Waals surface area contributed by atoms with Crippen LogP contribution in [0.15, 0.2) is 29.6 Å². The van der Waals surface area contributed by atoms with Crippen LogP contribution >= 0.6 is 11.3 Å². The van der Waals surface area contributed by atoms with Crippen molar-refractivity contribution < 1.29 is 9.53 Å². The van der Waals surface area contributed by atoms with Crippen molar-refractivity contribution in [3.8, 4) is 17.0 Å². The van der Waals surface area contributed by atoms with Crippen LogP contribution in [-0.4, -0.2) is 24.2 Å². The molecule has 1 aromatic carbocycles. The Morgan fingerprint density at radius 3 is 2.71 bits per heavy atom. The maximum Gasteiger partial charge on any atom is 0.321 e. The van der Waals surface area contributed by atoms with Gasteiger partial charge in [0.05, 0.1) is 12.3 Å². The van der Waals surface area contributed by atoms with Crippen molar-refractivity contribution in [2.24, 2.45) is 0 Å². The predicted octanol–water partition coefficient (Wildman–Crippen LogP) is 3.74. The Hall–Kier alpha value is -2.08. The van der Waals surface area contributed by atoms with Crippen molar-refractivity contribution in [3.63, 3.8) is 0 Å². The van der Waals surface area contributed by atoms with Gasteiger partial charge in [-0.1, -0.05) is 6.92 Å². The number of anilines is 1. The molecule has 0 saturated carbocycles. The Morgan fingerprint density at radius 1 is 1.29 bits per heavy atom. The van der Waals surface area contributed by atoms with Gasteiger partial charge in [0, 0.05) is 17.5 Å². The van der Waals surface area contributed by atoms with E-state index in [1.807, 2.05) is 36.6 Å². The first kappa shape index (κ1) is 15.3. The fraction of sp³-hybridized carbons (Fsp3) is 0.333. The van der Waals surface area contributed by atoms with Crippen molar-refractivity contribution in [2.45, 2.75) is 20.3 Å². The molecular formula is C15H19N3O2S. The van der Waals surface area contributed by atoms with Crippen LogP contribution in [0.4, 0.5) is 9.93 Å². The first-order chi connectivity index (χ1) is 10.2. The number of hydrogen-bond donors (Lipinski definition) is 2. The van der Waals surface area contributed by atoms with Crippen LogP contribution in [-0.2, 0) is 0 Å². The average Bonchev–Trinajstić information content (AvgIpc) is 2.94. The third kappa shape index (κ3) is 4.46. The number of aromatic nitrogens is 1. The van der Waals surface area contributed by atoms with Gasteiger partial charge in [0.1, 0.15) is 5.75 Å². The molecule has 0 bridgehead atoms. The third-order valence-corrected chi connectivity index (χ3v) is 3.44. The highest BCUT2D eigenvalue weighted by Crippen LogP contribution is 2.26. The van der Waals surface area contributed by atoms with Crippen LogP contribution < -0.4 is 15.4 Å². The molecule has 1 heterocycles. The average molecular weight is 305 g/mol. The van der Waals surface area contributed by atoms with Gasteiger partial charge in [-0.2, -0.15) is 0 Å². The van der Waals surface area contributed by atoms with E-state index in [1.165, 1.54) is 11.3 Å². The number of nitrogens with zero attached hydrogens (tertiary/aromatic N) is 1. The van der Waals surface area contributed by atoms with Crippen molar-refractivity contribution in [1.29, 1.82) is 0 Å². The smallest absolute Gasteiger partial charge is 0.321 e. The normalized spacial score (nSPS) is 10.2. The molecule has 0 radical (unpaired) electrons. The van der Waals surface area contributed by atoms with Crippen LogP contribution in [0.5, 0.6) is 5.75 Å². The molecule has 2 aromatic rings. The third-order valence-electron chi connectivity index (χ3n) is 2.68. The summed E-state index contributed by atoms with van der Waals surface area (Å²) in [6, 6.07) is 7.57. The maximum absolute atomic E-state index is 11.4. The molecule has 2 N–H and O–H groups in total. The summed E-state index contributed by atoms with van der Waals surface area (Å²) in [6.45, 7) is 5.25. The molecule has 2 rings (SSSR count). The van der Waals surface area contributed by atoms with E-state index in [2.05, 4.69) is 22.5 Å². The number of amides is 2. The molecule has 5 nitrogen and oxygen atoms in total. The summed E-state index contributed by atoms with van der Waals surface area (Å²) in [5, 5.41) is 7.88. The largest absolute Gasteiger partial charge is 0.494 e. The Balaban J connectivity index is 2.01. The molecule has 0 aliphatic carbocycles. The summed E-state index contributed by atoms with van der Waals surface area (Å²) in [4.78, 5) is 15.8. The zero-order valence-corrected chi connectivity index (χ0v) is 13.0. The molecule has 6 heteroatoms. The highest BCUT2D eigenvalue weighted by atomic mass is 32.1. The summed E-state index contributed by atoms with van der Waals surface area (Å²) in [5.41, 5.74) is 1.84. The predicted molar refractivity (Wildman–Crippen MR) is 86.0 cm³/mol. The molecule has 0 spiro atoms. The summed E-state index contributed by atoms with van der Waals surface area (Å²) in [6.07, 6.45) is 0.989. The Bertz CT molecular complexity index is 581. The fourth-order valence-electron chi connectivity index (χ4n) is 1.71. The van der Waals surface area contributed by atoms with Gasteiger partial charge in [0.2, 0.25) is 0 Å². The maximum atomic E-state index is 11.4. The van der Waals surface area contributed by atoms with Crippen LogP contribution in [0.3, 0.4) is 0 Å². The number of thiazole rings is 1. The van der Waals surface area contributed by atoms with Crippen molar-refractivity contribution >= 4 is 22.5 Å². The van der Waals surface area contributed by atoms with Gasteiger partial charge in [-0.15, -0.1) is 11.3 Å². The van der Waals surface area contributed by atoms with E-state index in [4.69, 9.17) is 4.74 Å². The molecule has 0 saturated heterocycles. The Kier molecular flexibility index (Phi) is 5.57. The van der Waals surface area contributed by atoms with E-state index >= 15 is 0 Å². The molecule has 112 valence electrons. The van der Waals surface area contributed by atoms with Gasteiger partial charge in [0.15, 0.2) is 5.13 Å². The standard InChI is InChI=1S/C15H19N3O2S/c1-3-9-20-12-7-5-11(6-8-12)13-10-21-15(17-13)18-14(19)16-4-2/h5-8,10H,3-4,9H2,1-2H3,(H2,16,17,18,19). The number of nitrogens with one attached hydrogen (secondary N) is 2. The van der Waals surface area contributed by atoms with Crippen molar-refractivity contribution in [1.82, 2.24) is 10.3 Å². The molecule has 0 unspecified atom stereocenters. The van der Waals surface area contributed by atoms with E-state index in [1.54, 1.807) is 0 Å². The lowest BCUT2D eigenvalue weighted by Crippen LogP contribution is -2.28. The SMILES string of the molecule is CCCOc1ccc(-c2csc(NC(=O)NCC)n2)cc1. The van der Waals surface area contributed by atoms with Gasteiger partial charge >= 0.3 is 6.03 Å². The minimum atomic E-state index is -0.235. The first-order valence-corrected chi connectivity index (χ1v) is 7.84. The minimum Gasteiger partial charge on any atom is -0.494 e. The van der Waals surface area contributed by atoms with E-state index in [-0.39, 0.29) is 6.03 Å². The van der Waals surface area contributed by atoms with Gasteiger partial charge in [0.25, 0.3) is 0 Å². The van der Waals surface area contributed by atoms with Crippen LogP contribution in [0.2, 0.25) is 0 Å². The number of ether oxygens (including phenoxy) is 1. The molecule has 0 aliphatic rings. The topological polar surface area (TPSA) is 63.2 Å².